The van der Waals surface area contributed by atoms with Gasteiger partial charge in [-0.15, -0.1) is 0 Å². The van der Waals surface area contributed by atoms with Crippen molar-refractivity contribution < 1.29 is 54.1 Å². The minimum absolute atomic E-state index is 0.0185. The number of aliphatic hydroxyl groups excluding tert-OH is 4. The van der Waals surface area contributed by atoms with E-state index in [1.165, 1.54) is 0 Å². The van der Waals surface area contributed by atoms with Gasteiger partial charge in [0.15, 0.2) is 12.1 Å². The molecule has 0 aromatic heterocycles. The standard InChI is InChI=1S/C47H76N2O11/c1-8-37-41(54)40(53)30(5)49(22-10-13-35(51)42(27(2)24-28(3)43(55)59-37)60-38-14-9-12-29(4)58-38)23-11-21-48-44(56)47(57)20-18-34-33-16-15-31-25-32(50)17-19-45(31,6)39(33)36(52)26-46(34,47)7/h17,19,25,27-30,33-42,51-54,57H,8-16,18,20-24,26H2,1-7H3,(H,48,56)/t27-,28+,29+,30+,33?,34?,35+,36?,37+,38-,39?,40+,41+,42+,45-,46-,47-/m0/s1. The molecule has 6 N–H and O–H groups in total. The van der Waals surface area contributed by atoms with E-state index in [4.69, 9.17) is 14.2 Å². The van der Waals surface area contributed by atoms with E-state index in [2.05, 4.69) is 12.2 Å². The van der Waals surface area contributed by atoms with Gasteiger partial charge in [-0.1, -0.05) is 46.3 Å². The van der Waals surface area contributed by atoms with E-state index in [0.717, 1.165) is 37.7 Å². The lowest BCUT2D eigenvalue weighted by atomic mass is 9.46. The molecule has 1 amide bonds. The van der Waals surface area contributed by atoms with Crippen LogP contribution in [0.4, 0.5) is 0 Å². The second-order valence-electron chi connectivity index (χ2n) is 20.1. The van der Waals surface area contributed by atoms with E-state index in [1.54, 1.807) is 26.0 Å². The molecular formula is C47H76N2O11. The molecule has 2 aliphatic heterocycles. The maximum absolute atomic E-state index is 14.1. The highest BCUT2D eigenvalue weighted by Crippen LogP contribution is 2.67. The fraction of sp³-hybridized carbons (Fsp3) is 0.851. The average molecular weight is 845 g/mol. The first-order valence-electron chi connectivity index (χ1n) is 23.3. The zero-order valence-corrected chi connectivity index (χ0v) is 37.3. The number of amides is 1. The molecule has 340 valence electrons. The third-order valence-electron chi connectivity index (χ3n) is 16.2. The Morgan fingerprint density at radius 3 is 2.45 bits per heavy atom. The lowest BCUT2D eigenvalue weighted by Crippen LogP contribution is -2.63. The highest BCUT2D eigenvalue weighted by molar-refractivity contribution is 6.01. The highest BCUT2D eigenvalue weighted by atomic mass is 16.7. The van der Waals surface area contributed by atoms with Crippen molar-refractivity contribution >= 4 is 17.7 Å². The van der Waals surface area contributed by atoms with Gasteiger partial charge >= 0.3 is 5.97 Å². The van der Waals surface area contributed by atoms with E-state index in [9.17, 15) is 39.9 Å². The van der Waals surface area contributed by atoms with Gasteiger partial charge < -0.3 is 45.1 Å². The Morgan fingerprint density at radius 1 is 0.983 bits per heavy atom. The van der Waals surface area contributed by atoms with Crippen molar-refractivity contribution in [1.29, 1.82) is 0 Å². The summed E-state index contributed by atoms with van der Waals surface area (Å²) in [7, 11) is 0. The molecule has 17 atom stereocenters. The highest BCUT2D eigenvalue weighted by Gasteiger charge is 2.68. The van der Waals surface area contributed by atoms with Crippen molar-refractivity contribution in [2.24, 2.45) is 40.4 Å². The summed E-state index contributed by atoms with van der Waals surface area (Å²) < 4.78 is 18.4. The third kappa shape index (κ3) is 9.35. The molecule has 6 rings (SSSR count). The van der Waals surface area contributed by atoms with Crippen LogP contribution in [-0.4, -0.2) is 128 Å². The van der Waals surface area contributed by atoms with Crippen LogP contribution in [0.25, 0.3) is 0 Å². The molecule has 3 saturated carbocycles. The van der Waals surface area contributed by atoms with E-state index in [-0.39, 0.29) is 48.5 Å². The molecule has 13 heteroatoms. The van der Waals surface area contributed by atoms with Gasteiger partial charge in [-0.25, -0.2) is 0 Å². The summed E-state index contributed by atoms with van der Waals surface area (Å²) in [6.07, 6.45) is 6.86. The largest absolute Gasteiger partial charge is 0.459 e. The molecule has 13 nitrogen and oxygen atoms in total. The van der Waals surface area contributed by atoms with Crippen molar-refractivity contribution in [3.05, 3.63) is 23.8 Å². The van der Waals surface area contributed by atoms with Gasteiger partial charge in [0, 0.05) is 35.9 Å². The van der Waals surface area contributed by atoms with Gasteiger partial charge in [-0.3, -0.25) is 19.3 Å². The fourth-order valence-electron chi connectivity index (χ4n) is 12.5. The van der Waals surface area contributed by atoms with Crippen LogP contribution in [0.1, 0.15) is 132 Å². The van der Waals surface area contributed by atoms with E-state index in [1.807, 2.05) is 38.7 Å². The van der Waals surface area contributed by atoms with Crippen LogP contribution in [0, 0.1) is 40.4 Å². The van der Waals surface area contributed by atoms with Crippen molar-refractivity contribution in [2.45, 2.75) is 193 Å². The summed E-state index contributed by atoms with van der Waals surface area (Å²) in [5, 5.41) is 61.6. The molecule has 0 spiro atoms. The number of rotatable bonds is 8. The fourth-order valence-corrected chi connectivity index (χ4v) is 12.5. The number of esters is 1. The summed E-state index contributed by atoms with van der Waals surface area (Å²) in [6.45, 7) is 14.6. The molecule has 2 saturated heterocycles. The van der Waals surface area contributed by atoms with Crippen molar-refractivity contribution in [2.75, 3.05) is 19.6 Å². The van der Waals surface area contributed by atoms with Crippen molar-refractivity contribution in [3.63, 3.8) is 0 Å². The number of cyclic esters (lactones) is 1. The Labute approximate surface area is 357 Å². The van der Waals surface area contributed by atoms with Crippen LogP contribution >= 0.6 is 0 Å². The Bertz CT molecular complexity index is 1590. The average Bonchev–Trinajstić information content (AvgIpc) is 3.48. The molecule has 0 bridgehead atoms. The number of ketones is 1. The lowest BCUT2D eigenvalue weighted by molar-refractivity contribution is -0.236. The Morgan fingerprint density at radius 2 is 1.73 bits per heavy atom. The number of nitrogens with one attached hydrogen (secondary N) is 1. The predicted molar refractivity (Wildman–Crippen MR) is 225 cm³/mol. The number of carbonyl (C=O) groups excluding carboxylic acids is 3. The van der Waals surface area contributed by atoms with Crippen molar-refractivity contribution in [3.8, 4) is 0 Å². The van der Waals surface area contributed by atoms with Gasteiger partial charge in [0.1, 0.15) is 17.8 Å². The maximum Gasteiger partial charge on any atom is 0.309 e. The van der Waals surface area contributed by atoms with Gasteiger partial charge in [-0.05, 0) is 134 Å². The van der Waals surface area contributed by atoms with E-state index in [0.29, 0.717) is 58.0 Å². The van der Waals surface area contributed by atoms with Crippen LogP contribution < -0.4 is 5.32 Å². The van der Waals surface area contributed by atoms with Crippen LogP contribution in [-0.2, 0) is 28.6 Å². The van der Waals surface area contributed by atoms with E-state index < -0.39 is 83.2 Å². The summed E-state index contributed by atoms with van der Waals surface area (Å²) >= 11 is 0. The minimum Gasteiger partial charge on any atom is -0.459 e. The molecular weight excluding hydrogens is 769 g/mol. The molecule has 60 heavy (non-hydrogen) atoms. The second-order valence-corrected chi connectivity index (χ2v) is 20.1. The van der Waals surface area contributed by atoms with Gasteiger partial charge in [-0.2, -0.15) is 0 Å². The van der Waals surface area contributed by atoms with Gasteiger partial charge in [0.2, 0.25) is 0 Å². The molecule has 6 aliphatic rings. The third-order valence-corrected chi connectivity index (χ3v) is 16.2. The summed E-state index contributed by atoms with van der Waals surface area (Å²) in [5.41, 5.74) is -1.86. The van der Waals surface area contributed by atoms with Gasteiger partial charge in [0.25, 0.3) is 5.91 Å². The molecule has 4 aliphatic carbocycles. The topological polar surface area (TPSA) is 195 Å². The first kappa shape index (κ1) is 47.3. The number of fused-ring (bicyclic) bond motifs is 5. The zero-order valence-electron chi connectivity index (χ0n) is 37.3. The first-order chi connectivity index (χ1) is 28.3. The van der Waals surface area contributed by atoms with Crippen LogP contribution in [0.3, 0.4) is 0 Å². The monoisotopic (exact) mass is 845 g/mol. The zero-order chi connectivity index (χ0) is 43.7. The number of hydrogen-bond donors (Lipinski definition) is 6. The molecule has 0 aromatic carbocycles. The summed E-state index contributed by atoms with van der Waals surface area (Å²) in [6, 6.07) is -0.563. The second kappa shape index (κ2) is 19.3. The molecule has 5 fully saturated rings. The summed E-state index contributed by atoms with van der Waals surface area (Å²) in [4.78, 5) is 41.7. The number of hydrogen-bond acceptors (Lipinski definition) is 12. The number of carbonyl (C=O) groups is 3. The Balaban J connectivity index is 1.11. The molecule has 0 radical (unpaired) electrons. The molecule has 4 unspecified atom stereocenters. The number of nitrogens with zero attached hydrogens (tertiary/aromatic N) is 1. The molecule has 2 heterocycles. The number of allylic oxidation sites excluding steroid dienone is 4. The first-order valence-corrected chi connectivity index (χ1v) is 23.3. The summed E-state index contributed by atoms with van der Waals surface area (Å²) in [5.74, 6) is -1.63. The van der Waals surface area contributed by atoms with Crippen LogP contribution in [0.5, 0.6) is 0 Å². The Kier molecular flexibility index (Phi) is 15.2. The van der Waals surface area contributed by atoms with Crippen molar-refractivity contribution in [1.82, 2.24) is 10.2 Å². The maximum atomic E-state index is 14.1. The van der Waals surface area contributed by atoms with Crippen LogP contribution in [0.15, 0.2) is 23.8 Å². The SMILES string of the molecule is CC[C@H]1OC(=O)[C@H](C)C[C@H](C)[C@@H](O[C@H]2CCC[C@@H](C)O2)[C@H](O)CCCN(CCCNC(=O)[C@@]2(O)CCC3C4CCC5=CC(=O)C=C[C@]5(C)C4C(O)C[C@@]32C)[C@H](C)[C@@H](O)[C@@H]1O. The smallest absolute Gasteiger partial charge is 0.309 e. The molecule has 0 aromatic rings. The predicted octanol–water partition coefficient (Wildman–Crippen LogP) is 4.35. The quantitative estimate of drug-likeness (QED) is 0.150. The van der Waals surface area contributed by atoms with Crippen LogP contribution in [0.2, 0.25) is 0 Å². The Hall–Kier alpha value is -2.23. The van der Waals surface area contributed by atoms with Gasteiger partial charge in [0.05, 0.1) is 36.4 Å². The van der Waals surface area contributed by atoms with E-state index >= 15 is 0 Å². The lowest BCUT2D eigenvalue weighted by Gasteiger charge is -2.59. The number of ether oxygens (including phenoxy) is 3. The minimum atomic E-state index is -1.66. The number of aliphatic hydroxyl groups is 5. The normalized spacial score (nSPS) is 45.9.